The molecule has 0 aliphatic carbocycles. The van der Waals surface area contributed by atoms with Gasteiger partial charge in [0.2, 0.25) is 0 Å². The summed E-state index contributed by atoms with van der Waals surface area (Å²) in [6.07, 6.45) is 3.13. The number of pyridine rings is 1. The summed E-state index contributed by atoms with van der Waals surface area (Å²) in [5.74, 6) is 1.07. The van der Waals surface area contributed by atoms with Crippen LogP contribution in [0.3, 0.4) is 0 Å². The molecule has 1 N–H and O–H groups in total. The molecule has 0 aromatic carbocycles. The first kappa shape index (κ1) is 15.3. The fourth-order valence-electron chi connectivity index (χ4n) is 2.58. The summed E-state index contributed by atoms with van der Waals surface area (Å²) < 4.78 is 0. The number of nitrogens with zero attached hydrogens (tertiary/aromatic N) is 3. The monoisotopic (exact) mass is 277 g/mol. The van der Waals surface area contributed by atoms with Gasteiger partial charge < -0.3 is 10.0 Å². The molecular weight excluding hydrogens is 250 g/mol. The Balaban J connectivity index is 2.01. The van der Waals surface area contributed by atoms with Gasteiger partial charge in [-0.1, -0.05) is 26.8 Å². The number of hydrogen-bond acceptors (Lipinski definition) is 4. The molecule has 0 bridgehead atoms. The maximum Gasteiger partial charge on any atom is 0.128 e. The van der Waals surface area contributed by atoms with Crippen LogP contribution in [0, 0.1) is 0 Å². The lowest BCUT2D eigenvalue weighted by Gasteiger charge is -2.24. The normalized spacial score (nSPS) is 18.1. The van der Waals surface area contributed by atoms with Crippen molar-refractivity contribution in [2.45, 2.75) is 32.6 Å². The van der Waals surface area contributed by atoms with Gasteiger partial charge in [0.05, 0.1) is 6.61 Å². The molecule has 4 heteroatoms. The van der Waals surface area contributed by atoms with Crippen molar-refractivity contribution < 1.29 is 5.11 Å². The average Bonchev–Trinajstić information content (AvgIpc) is 2.64. The Kier molecular flexibility index (Phi) is 5.00. The molecule has 1 fully saturated rings. The number of rotatable bonds is 3. The van der Waals surface area contributed by atoms with Crippen LogP contribution in [0.4, 0.5) is 5.82 Å². The molecule has 0 spiro atoms. The molecule has 0 atom stereocenters. The number of aromatic nitrogens is 1. The van der Waals surface area contributed by atoms with Crippen molar-refractivity contribution in [1.29, 1.82) is 0 Å². The van der Waals surface area contributed by atoms with Crippen LogP contribution in [0.5, 0.6) is 0 Å². The molecule has 0 radical (unpaired) electrons. The average molecular weight is 277 g/mol. The van der Waals surface area contributed by atoms with E-state index in [1.165, 1.54) is 5.56 Å². The third-order valence-electron chi connectivity index (χ3n) is 3.94. The highest BCUT2D eigenvalue weighted by Crippen LogP contribution is 2.23. The Morgan fingerprint density at radius 1 is 1.15 bits per heavy atom. The molecule has 0 unspecified atom stereocenters. The van der Waals surface area contributed by atoms with E-state index in [2.05, 4.69) is 47.7 Å². The standard InChI is InChI=1S/C16H27N3O/c1-16(2,3)14-5-6-15(17-13-14)19-8-4-7-18(9-10-19)11-12-20/h5-6,13,20H,4,7-12H2,1-3H3. The maximum atomic E-state index is 9.03. The minimum Gasteiger partial charge on any atom is -0.395 e. The molecule has 1 aliphatic heterocycles. The van der Waals surface area contributed by atoms with Crippen LogP contribution in [-0.2, 0) is 5.41 Å². The molecule has 1 saturated heterocycles. The Bertz CT molecular complexity index is 411. The number of β-amino-alcohol motifs (C(OH)–C–C–N with tert-alkyl or cyclic N) is 1. The molecule has 112 valence electrons. The van der Waals surface area contributed by atoms with Crippen molar-refractivity contribution in [3.63, 3.8) is 0 Å². The maximum absolute atomic E-state index is 9.03. The summed E-state index contributed by atoms with van der Waals surface area (Å²) in [5, 5.41) is 9.03. The predicted octanol–water partition coefficient (Wildman–Crippen LogP) is 1.88. The summed E-state index contributed by atoms with van der Waals surface area (Å²) in [5.41, 5.74) is 1.43. The van der Waals surface area contributed by atoms with Crippen LogP contribution >= 0.6 is 0 Å². The predicted molar refractivity (Wildman–Crippen MR) is 83.3 cm³/mol. The first-order valence-corrected chi connectivity index (χ1v) is 7.55. The fraction of sp³-hybridized carbons (Fsp3) is 0.688. The SMILES string of the molecule is CC(C)(C)c1ccc(N2CCCN(CCO)CC2)nc1. The van der Waals surface area contributed by atoms with Crippen molar-refractivity contribution >= 4 is 5.82 Å². The van der Waals surface area contributed by atoms with E-state index in [-0.39, 0.29) is 12.0 Å². The molecule has 0 saturated carbocycles. The quantitative estimate of drug-likeness (QED) is 0.916. The second kappa shape index (κ2) is 6.55. The van der Waals surface area contributed by atoms with Crippen LogP contribution < -0.4 is 4.90 Å². The second-order valence-electron chi connectivity index (χ2n) is 6.56. The third-order valence-corrected chi connectivity index (χ3v) is 3.94. The molecule has 1 aromatic heterocycles. The summed E-state index contributed by atoms with van der Waals surface area (Å²) in [6.45, 7) is 11.8. The lowest BCUT2D eigenvalue weighted by atomic mass is 9.88. The van der Waals surface area contributed by atoms with Crippen molar-refractivity contribution in [2.24, 2.45) is 0 Å². The largest absolute Gasteiger partial charge is 0.395 e. The summed E-state index contributed by atoms with van der Waals surface area (Å²) >= 11 is 0. The van der Waals surface area contributed by atoms with Crippen molar-refractivity contribution in [1.82, 2.24) is 9.88 Å². The van der Waals surface area contributed by atoms with Crippen LogP contribution in [0.25, 0.3) is 0 Å². The van der Waals surface area contributed by atoms with Crippen LogP contribution in [-0.4, -0.2) is 54.3 Å². The Hall–Kier alpha value is -1.13. The highest BCUT2D eigenvalue weighted by atomic mass is 16.3. The molecule has 2 rings (SSSR count). The summed E-state index contributed by atoms with van der Waals surface area (Å²) in [6, 6.07) is 4.33. The minimum absolute atomic E-state index is 0.155. The first-order valence-electron chi connectivity index (χ1n) is 7.55. The molecule has 4 nitrogen and oxygen atoms in total. The van der Waals surface area contributed by atoms with Gasteiger partial charge in [0, 0.05) is 32.4 Å². The lowest BCUT2D eigenvalue weighted by Crippen LogP contribution is -2.32. The highest BCUT2D eigenvalue weighted by molar-refractivity contribution is 5.40. The van der Waals surface area contributed by atoms with Crippen LogP contribution in [0.1, 0.15) is 32.8 Å². The molecule has 1 aromatic rings. The van der Waals surface area contributed by atoms with E-state index in [0.29, 0.717) is 0 Å². The van der Waals surface area contributed by atoms with Crippen molar-refractivity contribution in [2.75, 3.05) is 44.2 Å². The topological polar surface area (TPSA) is 39.6 Å². The van der Waals surface area contributed by atoms with Crippen molar-refractivity contribution in [3.05, 3.63) is 23.9 Å². The van der Waals surface area contributed by atoms with Gasteiger partial charge in [-0.25, -0.2) is 4.98 Å². The molecule has 2 heterocycles. The van der Waals surface area contributed by atoms with E-state index in [1.54, 1.807) is 0 Å². The van der Waals surface area contributed by atoms with E-state index < -0.39 is 0 Å². The van der Waals surface area contributed by atoms with E-state index in [4.69, 9.17) is 5.11 Å². The number of hydrogen-bond donors (Lipinski definition) is 1. The van der Waals surface area contributed by atoms with Crippen molar-refractivity contribution in [3.8, 4) is 0 Å². The summed E-state index contributed by atoms with van der Waals surface area (Å²) in [7, 11) is 0. The van der Waals surface area contributed by atoms with Gasteiger partial charge >= 0.3 is 0 Å². The van der Waals surface area contributed by atoms with Gasteiger partial charge in [-0.05, 0) is 30.0 Å². The Morgan fingerprint density at radius 3 is 2.55 bits per heavy atom. The van der Waals surface area contributed by atoms with Gasteiger partial charge in [-0.15, -0.1) is 0 Å². The highest BCUT2D eigenvalue weighted by Gasteiger charge is 2.17. The van der Waals surface area contributed by atoms with Gasteiger partial charge in [0.1, 0.15) is 5.82 Å². The number of aliphatic hydroxyl groups excluding tert-OH is 1. The zero-order valence-electron chi connectivity index (χ0n) is 13.0. The van der Waals surface area contributed by atoms with E-state index >= 15 is 0 Å². The van der Waals surface area contributed by atoms with Gasteiger partial charge in [0.25, 0.3) is 0 Å². The summed E-state index contributed by atoms with van der Waals surface area (Å²) in [4.78, 5) is 9.31. The molecule has 0 amide bonds. The van der Waals surface area contributed by atoms with E-state index in [9.17, 15) is 0 Å². The second-order valence-corrected chi connectivity index (χ2v) is 6.56. The number of anilines is 1. The van der Waals surface area contributed by atoms with Gasteiger partial charge in [-0.2, -0.15) is 0 Å². The molecular formula is C16H27N3O. The minimum atomic E-state index is 0.155. The smallest absolute Gasteiger partial charge is 0.128 e. The zero-order valence-corrected chi connectivity index (χ0v) is 13.0. The van der Waals surface area contributed by atoms with E-state index in [1.807, 2.05) is 6.20 Å². The molecule has 20 heavy (non-hydrogen) atoms. The first-order chi connectivity index (χ1) is 9.50. The van der Waals surface area contributed by atoms with Crippen LogP contribution in [0.15, 0.2) is 18.3 Å². The van der Waals surface area contributed by atoms with Crippen LogP contribution in [0.2, 0.25) is 0 Å². The Labute approximate surface area is 122 Å². The third kappa shape index (κ3) is 3.93. The Morgan fingerprint density at radius 2 is 1.95 bits per heavy atom. The molecule has 1 aliphatic rings. The lowest BCUT2D eigenvalue weighted by molar-refractivity contribution is 0.204. The van der Waals surface area contributed by atoms with E-state index in [0.717, 1.165) is 45.0 Å². The number of aliphatic hydroxyl groups is 1. The van der Waals surface area contributed by atoms with Gasteiger partial charge in [0.15, 0.2) is 0 Å². The fourth-order valence-corrected chi connectivity index (χ4v) is 2.58. The zero-order chi connectivity index (χ0) is 14.6. The van der Waals surface area contributed by atoms with Gasteiger partial charge in [-0.3, -0.25) is 4.90 Å².